The second-order valence-corrected chi connectivity index (χ2v) is 10.4. The molecule has 0 saturated heterocycles. The summed E-state index contributed by atoms with van der Waals surface area (Å²) in [5.41, 5.74) is 1.72. The molecule has 4 nitrogen and oxygen atoms in total. The van der Waals surface area contributed by atoms with E-state index in [9.17, 15) is 0 Å². The summed E-state index contributed by atoms with van der Waals surface area (Å²) in [7, 11) is 0. The molecule has 0 amide bonds. The Kier molecular flexibility index (Phi) is 9.27. The summed E-state index contributed by atoms with van der Waals surface area (Å²) in [5.74, 6) is 1.02. The molecule has 0 aliphatic rings. The van der Waals surface area contributed by atoms with Crippen LogP contribution in [0.3, 0.4) is 0 Å². The molecular weight excluding hydrogens is 592 g/mol. The number of hydrogen-bond acceptors (Lipinski definition) is 4. The smallest absolute Gasteiger partial charge is 0.189 e. The molecule has 8 heteroatoms. The summed E-state index contributed by atoms with van der Waals surface area (Å²) in [4.78, 5) is 2.04. The van der Waals surface area contributed by atoms with E-state index >= 15 is 0 Å². The van der Waals surface area contributed by atoms with Gasteiger partial charge < -0.3 is 0 Å². The maximum atomic E-state index is 4.68. The number of nitrogens with zero attached hydrogens (tertiary/aromatic N) is 4. The predicted octanol–water partition coefficient (Wildman–Crippen LogP) is 9.27. The summed E-state index contributed by atoms with van der Waals surface area (Å²) in [6.07, 6.45) is 0. The zero-order valence-corrected chi connectivity index (χ0v) is 22.6. The van der Waals surface area contributed by atoms with E-state index in [0.29, 0.717) is 11.7 Å². The fraction of sp³-hybridized carbons (Fsp3) is 0. The first kappa shape index (κ1) is 24.6. The topological polar surface area (TPSA) is 49.4 Å². The third-order valence-electron chi connectivity index (χ3n) is 4.41. The van der Waals surface area contributed by atoms with Crippen LogP contribution in [-0.2, 0) is 0 Å². The van der Waals surface area contributed by atoms with E-state index in [-0.39, 0.29) is 0 Å². The molecule has 168 valence electrons. The summed E-state index contributed by atoms with van der Waals surface area (Å²) >= 11 is 9.69. The summed E-state index contributed by atoms with van der Waals surface area (Å²) in [6.45, 7) is 0. The molecule has 0 aromatic heterocycles. The highest BCUT2D eigenvalue weighted by atomic mass is 79.9. The fourth-order valence-corrected chi connectivity index (χ4v) is 4.46. The summed E-state index contributed by atoms with van der Waals surface area (Å²) in [5, 5.41) is 9.07. The molecule has 0 N–H and O–H groups in total. The van der Waals surface area contributed by atoms with E-state index in [2.05, 4.69) is 50.9 Å². The van der Waals surface area contributed by atoms with Gasteiger partial charge in [0.2, 0.25) is 0 Å². The van der Waals surface area contributed by atoms with Gasteiger partial charge in [-0.25, -0.2) is 0 Å². The van der Waals surface area contributed by atoms with Gasteiger partial charge in [0.15, 0.2) is 11.7 Å². The molecule has 34 heavy (non-hydrogen) atoms. The van der Waals surface area contributed by atoms with Gasteiger partial charge in [0.05, 0.1) is 0 Å². The molecule has 0 atom stereocenters. The molecule has 0 spiro atoms. The van der Waals surface area contributed by atoms with Crippen LogP contribution in [0.1, 0.15) is 11.1 Å². The molecule has 0 fully saturated rings. The fourth-order valence-electron chi connectivity index (χ4n) is 2.70. The Hall–Kier alpha value is -2.52. The SMILES string of the molecule is Brc1ccc(C(/N=N/C(=N/Sc2ccccc2)c2ccc(Br)cc2)=N\Sc2ccccc2)cc1. The van der Waals surface area contributed by atoms with Gasteiger partial charge in [-0.2, -0.15) is 8.80 Å². The zero-order chi connectivity index (χ0) is 23.6. The standard InChI is InChI=1S/C26H18Br2N4S2/c27-21-15-11-19(12-16-21)25(31-33-23-7-3-1-4-8-23)29-30-26(20-13-17-22(28)18-14-20)32-34-24-9-5-2-6-10-24/h1-18H/b30-29+,31-25+,32-26+. The van der Waals surface area contributed by atoms with Crippen molar-refractivity contribution in [3.63, 3.8) is 0 Å². The van der Waals surface area contributed by atoms with Gasteiger partial charge in [-0.15, -0.1) is 10.2 Å². The minimum Gasteiger partial charge on any atom is -0.189 e. The average molecular weight is 610 g/mol. The second kappa shape index (κ2) is 12.8. The highest BCUT2D eigenvalue weighted by Gasteiger charge is 2.08. The second-order valence-electron chi connectivity index (χ2n) is 6.85. The maximum Gasteiger partial charge on any atom is 0.189 e. The summed E-state index contributed by atoms with van der Waals surface area (Å²) < 4.78 is 11.3. The van der Waals surface area contributed by atoms with Crippen molar-refractivity contribution < 1.29 is 0 Å². The molecule has 4 rings (SSSR count). The van der Waals surface area contributed by atoms with Crippen LogP contribution in [-0.4, -0.2) is 11.7 Å². The molecule has 0 aliphatic carbocycles. The Morgan fingerprint density at radius 2 is 0.824 bits per heavy atom. The molecule has 0 unspecified atom stereocenters. The van der Waals surface area contributed by atoms with Crippen LogP contribution >= 0.6 is 55.8 Å². The Morgan fingerprint density at radius 3 is 1.18 bits per heavy atom. The predicted molar refractivity (Wildman–Crippen MR) is 151 cm³/mol. The van der Waals surface area contributed by atoms with Gasteiger partial charge in [0.1, 0.15) is 0 Å². The quantitative estimate of drug-likeness (QED) is 0.0946. The lowest BCUT2D eigenvalue weighted by Gasteiger charge is -2.04. The van der Waals surface area contributed by atoms with Crippen LogP contribution in [0.4, 0.5) is 0 Å². The monoisotopic (exact) mass is 608 g/mol. The maximum absolute atomic E-state index is 4.68. The van der Waals surface area contributed by atoms with E-state index in [4.69, 9.17) is 0 Å². The van der Waals surface area contributed by atoms with E-state index in [1.807, 2.05) is 109 Å². The van der Waals surface area contributed by atoms with Crippen molar-refractivity contribution in [1.29, 1.82) is 0 Å². The van der Waals surface area contributed by atoms with Gasteiger partial charge in [-0.05, 0) is 72.8 Å². The van der Waals surface area contributed by atoms with Crippen molar-refractivity contribution in [3.05, 3.63) is 129 Å². The normalized spacial score (nSPS) is 12.3. The van der Waals surface area contributed by atoms with Crippen LogP contribution in [0, 0.1) is 0 Å². The van der Waals surface area contributed by atoms with Crippen LogP contribution in [0.2, 0.25) is 0 Å². The van der Waals surface area contributed by atoms with Gasteiger partial charge in [-0.3, -0.25) is 0 Å². The first-order chi connectivity index (χ1) is 16.7. The molecule has 0 aliphatic heterocycles. The lowest BCUT2D eigenvalue weighted by molar-refractivity contribution is 1.30. The van der Waals surface area contributed by atoms with E-state index in [1.165, 1.54) is 23.9 Å². The van der Waals surface area contributed by atoms with Crippen molar-refractivity contribution in [2.24, 2.45) is 19.0 Å². The molecule has 4 aromatic carbocycles. The number of azo groups is 1. The third-order valence-corrected chi connectivity index (χ3v) is 6.96. The zero-order valence-electron chi connectivity index (χ0n) is 17.8. The van der Waals surface area contributed by atoms with Gasteiger partial charge in [0, 0.05) is 53.8 Å². The molecule has 0 heterocycles. The lowest BCUT2D eigenvalue weighted by atomic mass is 10.2. The van der Waals surface area contributed by atoms with E-state index < -0.39 is 0 Å². The molecule has 0 radical (unpaired) electrons. The molecule has 0 bridgehead atoms. The van der Waals surface area contributed by atoms with Gasteiger partial charge in [0.25, 0.3) is 0 Å². The number of halogens is 2. The number of rotatable bonds is 6. The highest BCUT2D eigenvalue weighted by molar-refractivity contribution is 9.10. The molecule has 4 aromatic rings. The Balaban J connectivity index is 1.67. The van der Waals surface area contributed by atoms with Crippen molar-refractivity contribution >= 4 is 67.4 Å². The number of hydrogen-bond donors (Lipinski definition) is 0. The van der Waals surface area contributed by atoms with E-state index in [1.54, 1.807) is 0 Å². The molecular formula is C26H18Br2N4S2. The highest BCUT2D eigenvalue weighted by Crippen LogP contribution is 2.23. The minimum absolute atomic E-state index is 0.510. The third kappa shape index (κ3) is 7.50. The van der Waals surface area contributed by atoms with Crippen LogP contribution in [0.25, 0.3) is 0 Å². The van der Waals surface area contributed by atoms with Crippen LogP contribution in [0.15, 0.2) is 147 Å². The largest absolute Gasteiger partial charge is 0.189 e. The Labute approximate surface area is 224 Å². The van der Waals surface area contributed by atoms with Crippen molar-refractivity contribution in [1.82, 2.24) is 0 Å². The molecule has 0 saturated carbocycles. The first-order valence-electron chi connectivity index (χ1n) is 10.2. The lowest BCUT2D eigenvalue weighted by Crippen LogP contribution is -2.00. The Bertz CT molecular complexity index is 1190. The van der Waals surface area contributed by atoms with Crippen molar-refractivity contribution in [3.8, 4) is 0 Å². The van der Waals surface area contributed by atoms with Crippen LogP contribution in [0.5, 0.6) is 0 Å². The van der Waals surface area contributed by atoms with Gasteiger partial charge >= 0.3 is 0 Å². The number of benzene rings is 4. The van der Waals surface area contributed by atoms with Crippen molar-refractivity contribution in [2.45, 2.75) is 9.79 Å². The number of amidine groups is 2. The average Bonchev–Trinajstić information content (AvgIpc) is 2.88. The Morgan fingerprint density at radius 1 is 0.471 bits per heavy atom. The van der Waals surface area contributed by atoms with Crippen molar-refractivity contribution in [2.75, 3.05) is 0 Å². The van der Waals surface area contributed by atoms with Crippen LogP contribution < -0.4 is 0 Å². The van der Waals surface area contributed by atoms with E-state index in [0.717, 1.165) is 29.9 Å². The minimum atomic E-state index is 0.510. The van der Waals surface area contributed by atoms with Gasteiger partial charge in [-0.1, -0.05) is 68.3 Å². The summed E-state index contributed by atoms with van der Waals surface area (Å²) in [6, 6.07) is 35.6. The first-order valence-corrected chi connectivity index (χ1v) is 13.3.